The van der Waals surface area contributed by atoms with Crippen LogP contribution in [0.25, 0.3) is 11.4 Å². The number of nitrogens with zero attached hydrogens (tertiary/aromatic N) is 6. The van der Waals surface area contributed by atoms with E-state index < -0.39 is 18.0 Å². The first kappa shape index (κ1) is 26.3. The fraction of sp³-hybridized carbons (Fsp3) is 0.654. The average Bonchev–Trinajstić information content (AvgIpc) is 3.19. The number of aromatic nitrogens is 4. The van der Waals surface area contributed by atoms with Gasteiger partial charge in [-0.2, -0.15) is 0 Å². The highest BCUT2D eigenvalue weighted by atomic mass is 19.3. The molecule has 1 aliphatic heterocycles. The highest BCUT2D eigenvalue weighted by Crippen LogP contribution is 2.60. The Morgan fingerprint density at radius 1 is 1.26 bits per heavy atom. The lowest BCUT2D eigenvalue weighted by Crippen LogP contribution is -2.37. The Balaban J connectivity index is 1.27. The van der Waals surface area contributed by atoms with Crippen LogP contribution in [0, 0.1) is 17.8 Å². The van der Waals surface area contributed by atoms with Gasteiger partial charge >= 0.3 is 12.1 Å². The quantitative estimate of drug-likeness (QED) is 0.547. The van der Waals surface area contributed by atoms with Crippen molar-refractivity contribution in [1.82, 2.24) is 24.9 Å². The van der Waals surface area contributed by atoms with Crippen molar-refractivity contribution in [2.24, 2.45) is 24.8 Å². The topological polar surface area (TPSA) is 114 Å². The Bertz CT molecular complexity index is 1210. The minimum atomic E-state index is -2.63. The third kappa shape index (κ3) is 5.17. The number of aliphatic carboxylic acids is 1. The second-order valence-corrected chi connectivity index (χ2v) is 10.8. The summed E-state index contributed by atoms with van der Waals surface area (Å²) < 4.78 is 34.1. The van der Waals surface area contributed by atoms with Crippen LogP contribution in [0.5, 0.6) is 0 Å². The van der Waals surface area contributed by atoms with Crippen LogP contribution in [-0.4, -0.2) is 74.1 Å². The second-order valence-electron chi connectivity index (χ2n) is 10.8. The molecule has 0 aromatic carbocycles. The first-order valence-electron chi connectivity index (χ1n) is 13.2. The predicted molar refractivity (Wildman–Crippen MR) is 134 cm³/mol. The van der Waals surface area contributed by atoms with E-state index in [0.717, 1.165) is 30.8 Å². The number of anilines is 1. The lowest BCUT2D eigenvalue weighted by atomic mass is 9.94. The highest BCUT2D eigenvalue weighted by Gasteiger charge is 2.65. The Kier molecular flexibility index (Phi) is 6.99. The van der Waals surface area contributed by atoms with Crippen LogP contribution in [0.2, 0.25) is 0 Å². The molecule has 2 saturated carbocycles. The van der Waals surface area contributed by atoms with Gasteiger partial charge in [-0.05, 0) is 49.1 Å². The molecule has 5 rings (SSSR count). The number of aryl methyl sites for hydroxylation is 2. The van der Waals surface area contributed by atoms with E-state index in [1.165, 1.54) is 9.58 Å². The summed E-state index contributed by atoms with van der Waals surface area (Å²) in [5.74, 6) is -3.61. The molecule has 2 aliphatic carbocycles. The van der Waals surface area contributed by atoms with Crippen LogP contribution in [-0.2, 0) is 29.6 Å². The summed E-state index contributed by atoms with van der Waals surface area (Å²) in [5, 5.41) is 17.6. The Morgan fingerprint density at radius 2 is 2.00 bits per heavy atom. The Morgan fingerprint density at radius 3 is 2.68 bits per heavy atom. The number of carbonyl (C=O) groups excluding carboxylic acids is 1. The average molecular weight is 533 g/mol. The van der Waals surface area contributed by atoms with E-state index in [1.807, 2.05) is 19.1 Å². The molecule has 3 aliphatic rings. The van der Waals surface area contributed by atoms with Gasteiger partial charge in [0.1, 0.15) is 18.0 Å². The number of ether oxygens (including phenoxy) is 1. The summed E-state index contributed by atoms with van der Waals surface area (Å²) in [5.41, 5.74) is 3.57. The van der Waals surface area contributed by atoms with Crippen molar-refractivity contribution in [3.05, 3.63) is 23.5 Å². The van der Waals surface area contributed by atoms with Crippen LogP contribution >= 0.6 is 0 Å². The summed E-state index contributed by atoms with van der Waals surface area (Å²) in [6.45, 7) is 3.48. The van der Waals surface area contributed by atoms with E-state index in [2.05, 4.69) is 15.2 Å². The van der Waals surface area contributed by atoms with Crippen molar-refractivity contribution in [3.63, 3.8) is 0 Å². The molecule has 1 unspecified atom stereocenters. The third-order valence-corrected chi connectivity index (χ3v) is 8.22. The molecule has 3 heterocycles. The van der Waals surface area contributed by atoms with Crippen LogP contribution in [0.3, 0.4) is 0 Å². The standard InChI is InChI=1S/C26H34F2N6O4/c1-4-18-20(34-9-5-6-15(13-34)10-22(35)36)8-7-19(29-18)23-21(33(3)31-30-23)14-38-25(37)32(2)24-16-11-26(27,28)12-17(16)24/h7-8,15-17,24H,4-6,9-14H2,1-3H3,(H,35,36)/t15-,16-,17+,24?/m1/s1. The molecule has 38 heavy (non-hydrogen) atoms. The summed E-state index contributed by atoms with van der Waals surface area (Å²) in [7, 11) is 3.31. The van der Waals surface area contributed by atoms with Gasteiger partial charge in [0.2, 0.25) is 5.92 Å². The summed E-state index contributed by atoms with van der Waals surface area (Å²) in [6.07, 6.45) is 1.78. The number of carboxylic acid groups (broad SMARTS) is 1. The SMILES string of the molecule is CCc1nc(-c2nnn(C)c2COC(=O)N(C)C2[C@H]3CC(F)(F)C[C@@H]23)ccc1N1CCC[C@H](CC(=O)O)C1. The minimum absolute atomic E-state index is 0.0753. The van der Waals surface area contributed by atoms with Gasteiger partial charge in [-0.25, -0.2) is 23.2 Å². The van der Waals surface area contributed by atoms with E-state index in [0.29, 0.717) is 30.0 Å². The minimum Gasteiger partial charge on any atom is -0.481 e. The van der Waals surface area contributed by atoms with Gasteiger partial charge in [-0.1, -0.05) is 12.1 Å². The highest BCUT2D eigenvalue weighted by molar-refractivity contribution is 5.69. The Labute approximate surface area is 220 Å². The zero-order valence-electron chi connectivity index (χ0n) is 21.9. The maximum absolute atomic E-state index is 13.5. The van der Waals surface area contributed by atoms with Crippen molar-refractivity contribution in [2.75, 3.05) is 25.0 Å². The number of amides is 1. The number of pyridine rings is 1. The van der Waals surface area contributed by atoms with Crippen LogP contribution in [0.15, 0.2) is 12.1 Å². The van der Waals surface area contributed by atoms with Crippen LogP contribution < -0.4 is 4.90 Å². The van der Waals surface area contributed by atoms with Gasteiger partial charge in [0.15, 0.2) is 0 Å². The normalized spacial score (nSPS) is 25.7. The molecule has 1 amide bonds. The van der Waals surface area contributed by atoms with Gasteiger partial charge in [-0.3, -0.25) is 4.79 Å². The zero-order chi connectivity index (χ0) is 27.2. The maximum Gasteiger partial charge on any atom is 0.410 e. The molecule has 10 nitrogen and oxygen atoms in total. The molecule has 2 aromatic heterocycles. The van der Waals surface area contributed by atoms with E-state index in [4.69, 9.17) is 9.72 Å². The number of carboxylic acids is 1. The molecule has 0 bridgehead atoms. The number of hydrogen-bond acceptors (Lipinski definition) is 7. The van der Waals surface area contributed by atoms with Crippen molar-refractivity contribution < 1.29 is 28.2 Å². The first-order chi connectivity index (χ1) is 18.1. The van der Waals surface area contributed by atoms with Crippen molar-refractivity contribution in [3.8, 4) is 11.4 Å². The van der Waals surface area contributed by atoms with Gasteiger partial charge < -0.3 is 19.6 Å². The molecule has 3 fully saturated rings. The molecule has 206 valence electrons. The second kappa shape index (κ2) is 10.1. The molecular formula is C26H34F2N6O4. The number of alkyl halides is 2. The lowest BCUT2D eigenvalue weighted by Gasteiger charge is -2.34. The van der Waals surface area contributed by atoms with Gasteiger partial charge in [0.25, 0.3) is 0 Å². The molecule has 12 heteroatoms. The number of hydrogen-bond donors (Lipinski definition) is 1. The number of piperidine rings is 1. The maximum atomic E-state index is 13.5. The van der Waals surface area contributed by atoms with E-state index in [1.54, 1.807) is 14.1 Å². The molecule has 4 atom stereocenters. The lowest BCUT2D eigenvalue weighted by molar-refractivity contribution is -0.138. The summed E-state index contributed by atoms with van der Waals surface area (Å²) in [6, 6.07) is 3.66. The van der Waals surface area contributed by atoms with Gasteiger partial charge in [-0.15, -0.1) is 5.10 Å². The van der Waals surface area contributed by atoms with E-state index in [9.17, 15) is 23.5 Å². The molecular weight excluding hydrogens is 498 g/mol. The number of halogens is 2. The first-order valence-corrected chi connectivity index (χ1v) is 13.2. The molecule has 1 N–H and O–H groups in total. The van der Waals surface area contributed by atoms with Crippen LogP contribution in [0.1, 0.15) is 50.4 Å². The molecule has 0 spiro atoms. The van der Waals surface area contributed by atoms with Gasteiger partial charge in [0.05, 0.1) is 17.1 Å². The number of rotatable bonds is 8. The monoisotopic (exact) mass is 532 g/mol. The van der Waals surface area contributed by atoms with Crippen molar-refractivity contribution >= 4 is 17.7 Å². The molecule has 1 saturated heterocycles. The van der Waals surface area contributed by atoms with Crippen LogP contribution in [0.4, 0.5) is 19.3 Å². The van der Waals surface area contributed by atoms with Gasteiger partial charge in [0, 0.05) is 52.5 Å². The van der Waals surface area contributed by atoms with Crippen molar-refractivity contribution in [2.45, 2.75) is 64.0 Å². The summed E-state index contributed by atoms with van der Waals surface area (Å²) >= 11 is 0. The predicted octanol–water partition coefficient (Wildman–Crippen LogP) is 3.74. The fourth-order valence-corrected chi connectivity index (χ4v) is 6.28. The fourth-order valence-electron chi connectivity index (χ4n) is 6.28. The molecule has 0 radical (unpaired) electrons. The van der Waals surface area contributed by atoms with Crippen molar-refractivity contribution in [1.29, 1.82) is 0 Å². The number of carbonyl (C=O) groups is 2. The zero-order valence-corrected chi connectivity index (χ0v) is 21.9. The molecule has 2 aromatic rings. The Hall–Kier alpha value is -3.31. The van der Waals surface area contributed by atoms with E-state index in [-0.39, 0.29) is 49.7 Å². The largest absolute Gasteiger partial charge is 0.481 e. The van der Waals surface area contributed by atoms with E-state index >= 15 is 0 Å². The number of fused-ring (bicyclic) bond motifs is 1. The summed E-state index contributed by atoms with van der Waals surface area (Å²) in [4.78, 5) is 32.4. The third-order valence-electron chi connectivity index (χ3n) is 8.22. The smallest absolute Gasteiger partial charge is 0.410 e.